The fourth-order valence-corrected chi connectivity index (χ4v) is 2.32. The molecule has 1 aliphatic heterocycles. The summed E-state index contributed by atoms with van der Waals surface area (Å²) in [6, 6.07) is -1.00. The lowest BCUT2D eigenvalue weighted by Gasteiger charge is -2.43. The van der Waals surface area contributed by atoms with Crippen LogP contribution in [0, 0.1) is 0 Å². The van der Waals surface area contributed by atoms with E-state index in [1.165, 1.54) is 13.8 Å². The Kier molecular flexibility index (Phi) is 7.11. The van der Waals surface area contributed by atoms with Crippen LogP contribution in [0.25, 0.3) is 0 Å². The second-order valence-corrected chi connectivity index (χ2v) is 5.24. The van der Waals surface area contributed by atoms with Crippen LogP contribution in [0.1, 0.15) is 27.7 Å². The molecule has 1 amide bonds. The zero-order chi connectivity index (χ0) is 18.4. The van der Waals surface area contributed by atoms with Gasteiger partial charge < -0.3 is 29.4 Å². The number of hydrogen-bond acceptors (Lipinski definition) is 9. The summed E-state index contributed by atoms with van der Waals surface area (Å²) < 4.78 is 20.2. The molecule has 0 bridgehead atoms. The quantitative estimate of drug-likeness (QED) is 0.456. The standard InChI is InChI=1S/C14H21NO9/c1-6(16)15-11-10(5-21-7(2)17)24-14(20)13(23-9(4)19)12(11)22-8(3)18/h10-14,20H,5H2,1-4H3,(H,15,16)/t10-,11-,12+,13-,14-/m1/s1. The Balaban J connectivity index is 3.11. The summed E-state index contributed by atoms with van der Waals surface area (Å²) in [6.07, 6.45) is -5.22. The predicted molar refractivity (Wildman–Crippen MR) is 76.2 cm³/mol. The molecule has 1 heterocycles. The molecule has 1 fully saturated rings. The molecule has 0 aliphatic carbocycles. The first-order valence-corrected chi connectivity index (χ1v) is 7.20. The van der Waals surface area contributed by atoms with E-state index in [0.717, 1.165) is 13.8 Å². The summed E-state index contributed by atoms with van der Waals surface area (Å²) in [5.74, 6) is -2.53. The summed E-state index contributed by atoms with van der Waals surface area (Å²) in [5.41, 5.74) is 0. The molecule has 0 unspecified atom stereocenters. The van der Waals surface area contributed by atoms with Crippen LogP contribution in [0.15, 0.2) is 0 Å². The predicted octanol–water partition coefficient (Wildman–Crippen LogP) is -1.37. The summed E-state index contributed by atoms with van der Waals surface area (Å²) in [4.78, 5) is 45.0. The second kappa shape index (κ2) is 8.60. The highest BCUT2D eigenvalue weighted by Gasteiger charge is 2.50. The zero-order valence-electron chi connectivity index (χ0n) is 13.8. The van der Waals surface area contributed by atoms with Crippen molar-refractivity contribution in [1.29, 1.82) is 0 Å². The molecule has 24 heavy (non-hydrogen) atoms. The van der Waals surface area contributed by atoms with Crippen LogP contribution in [0.2, 0.25) is 0 Å². The Morgan fingerprint density at radius 1 is 0.958 bits per heavy atom. The highest BCUT2D eigenvalue weighted by molar-refractivity contribution is 5.73. The van der Waals surface area contributed by atoms with Gasteiger partial charge >= 0.3 is 17.9 Å². The van der Waals surface area contributed by atoms with Crippen molar-refractivity contribution in [3.8, 4) is 0 Å². The minimum atomic E-state index is -1.64. The molecule has 2 N–H and O–H groups in total. The maximum atomic E-state index is 11.5. The van der Waals surface area contributed by atoms with Crippen molar-refractivity contribution in [3.63, 3.8) is 0 Å². The fourth-order valence-electron chi connectivity index (χ4n) is 2.32. The minimum absolute atomic E-state index is 0.304. The van der Waals surface area contributed by atoms with Crippen LogP contribution >= 0.6 is 0 Å². The van der Waals surface area contributed by atoms with Crippen LogP contribution in [0.5, 0.6) is 0 Å². The number of aliphatic hydroxyl groups is 1. The second-order valence-electron chi connectivity index (χ2n) is 5.24. The summed E-state index contributed by atoms with van der Waals surface area (Å²) in [7, 11) is 0. The van der Waals surface area contributed by atoms with Gasteiger partial charge in [0.2, 0.25) is 5.91 Å². The van der Waals surface area contributed by atoms with E-state index in [1.807, 2.05) is 0 Å². The van der Waals surface area contributed by atoms with Crippen LogP contribution in [0.3, 0.4) is 0 Å². The van der Waals surface area contributed by atoms with Crippen molar-refractivity contribution in [2.75, 3.05) is 6.61 Å². The minimum Gasteiger partial charge on any atom is -0.463 e. The van der Waals surface area contributed by atoms with Gasteiger partial charge in [0, 0.05) is 27.7 Å². The van der Waals surface area contributed by atoms with E-state index in [0.29, 0.717) is 0 Å². The SMILES string of the molecule is CC(=O)N[C@H]1[C@H](OC(C)=O)[C@@H](OC(C)=O)[C@H](O)O[C@@H]1COC(C)=O. The Morgan fingerprint density at radius 3 is 1.96 bits per heavy atom. The topological polar surface area (TPSA) is 137 Å². The number of rotatable bonds is 5. The van der Waals surface area contributed by atoms with Gasteiger partial charge in [0.1, 0.15) is 12.7 Å². The summed E-state index contributed by atoms with van der Waals surface area (Å²) >= 11 is 0. The molecule has 0 aromatic rings. The highest BCUT2D eigenvalue weighted by Crippen LogP contribution is 2.25. The van der Waals surface area contributed by atoms with Gasteiger partial charge in [-0.05, 0) is 0 Å². The van der Waals surface area contributed by atoms with E-state index in [4.69, 9.17) is 18.9 Å². The van der Waals surface area contributed by atoms with Gasteiger partial charge in [-0.25, -0.2) is 0 Å². The Hall–Kier alpha value is -2.20. The number of nitrogens with one attached hydrogen (secondary N) is 1. The lowest BCUT2D eigenvalue weighted by atomic mass is 9.95. The molecule has 0 aromatic carbocycles. The number of esters is 3. The number of aliphatic hydroxyl groups excluding tert-OH is 1. The zero-order valence-corrected chi connectivity index (χ0v) is 13.8. The fraction of sp³-hybridized carbons (Fsp3) is 0.714. The normalized spacial score (nSPS) is 29.3. The van der Waals surface area contributed by atoms with E-state index >= 15 is 0 Å². The molecule has 1 saturated heterocycles. The molecule has 5 atom stereocenters. The number of amides is 1. The van der Waals surface area contributed by atoms with Crippen LogP contribution in [-0.4, -0.2) is 66.2 Å². The Bertz CT molecular complexity index is 506. The molecule has 10 nitrogen and oxygen atoms in total. The average Bonchev–Trinajstić information content (AvgIpc) is 2.42. The molecule has 1 rings (SSSR count). The first-order valence-electron chi connectivity index (χ1n) is 7.20. The van der Waals surface area contributed by atoms with Gasteiger partial charge in [0.15, 0.2) is 18.5 Å². The third-order valence-electron chi connectivity index (χ3n) is 3.10. The number of ether oxygens (including phenoxy) is 4. The monoisotopic (exact) mass is 347 g/mol. The first-order chi connectivity index (χ1) is 11.1. The van der Waals surface area contributed by atoms with Gasteiger partial charge in [0.25, 0.3) is 0 Å². The van der Waals surface area contributed by atoms with Gasteiger partial charge in [-0.3, -0.25) is 19.2 Å². The van der Waals surface area contributed by atoms with E-state index in [-0.39, 0.29) is 6.61 Å². The van der Waals surface area contributed by atoms with Gasteiger partial charge in [-0.2, -0.15) is 0 Å². The molecule has 136 valence electrons. The third kappa shape index (κ3) is 5.78. The van der Waals surface area contributed by atoms with Crippen molar-refractivity contribution >= 4 is 23.8 Å². The molecule has 0 spiro atoms. The number of carbonyl (C=O) groups excluding carboxylic acids is 4. The van der Waals surface area contributed by atoms with E-state index in [9.17, 15) is 24.3 Å². The van der Waals surface area contributed by atoms with Crippen molar-refractivity contribution in [2.45, 2.75) is 58.3 Å². The van der Waals surface area contributed by atoms with E-state index in [2.05, 4.69) is 5.32 Å². The lowest BCUT2D eigenvalue weighted by Crippen LogP contribution is -2.66. The molecule has 0 radical (unpaired) electrons. The van der Waals surface area contributed by atoms with Crippen LogP contribution < -0.4 is 5.32 Å². The largest absolute Gasteiger partial charge is 0.463 e. The van der Waals surface area contributed by atoms with Crippen molar-refractivity contribution in [1.82, 2.24) is 5.32 Å². The van der Waals surface area contributed by atoms with Crippen LogP contribution in [-0.2, 0) is 38.1 Å². The number of hydrogen-bond donors (Lipinski definition) is 2. The van der Waals surface area contributed by atoms with Crippen molar-refractivity contribution in [3.05, 3.63) is 0 Å². The lowest BCUT2D eigenvalue weighted by molar-refractivity contribution is -0.272. The smallest absolute Gasteiger partial charge is 0.303 e. The molecular formula is C14H21NO9. The van der Waals surface area contributed by atoms with Crippen LogP contribution in [0.4, 0.5) is 0 Å². The molecule has 0 aromatic heterocycles. The van der Waals surface area contributed by atoms with E-state index in [1.54, 1.807) is 0 Å². The molecule has 1 aliphatic rings. The average molecular weight is 347 g/mol. The van der Waals surface area contributed by atoms with E-state index < -0.39 is 54.5 Å². The van der Waals surface area contributed by atoms with Crippen molar-refractivity contribution < 1.29 is 43.2 Å². The highest BCUT2D eigenvalue weighted by atomic mass is 16.7. The number of carbonyl (C=O) groups is 4. The molecule has 10 heteroatoms. The molecular weight excluding hydrogens is 326 g/mol. The van der Waals surface area contributed by atoms with Crippen molar-refractivity contribution in [2.24, 2.45) is 0 Å². The Morgan fingerprint density at radius 2 is 1.50 bits per heavy atom. The van der Waals surface area contributed by atoms with Gasteiger partial charge in [-0.1, -0.05) is 0 Å². The Labute approximate surface area is 138 Å². The van der Waals surface area contributed by atoms with Gasteiger partial charge in [-0.15, -0.1) is 0 Å². The first kappa shape index (κ1) is 19.8. The summed E-state index contributed by atoms with van der Waals surface area (Å²) in [6.45, 7) is 4.33. The summed E-state index contributed by atoms with van der Waals surface area (Å²) in [5, 5.41) is 12.5. The van der Waals surface area contributed by atoms with Gasteiger partial charge in [0.05, 0.1) is 6.04 Å². The maximum absolute atomic E-state index is 11.5. The molecule has 0 saturated carbocycles. The maximum Gasteiger partial charge on any atom is 0.303 e. The third-order valence-corrected chi connectivity index (χ3v) is 3.10.